The number of hydrogen-bond acceptors (Lipinski definition) is 5. The first kappa shape index (κ1) is 20.4. The van der Waals surface area contributed by atoms with E-state index in [-0.39, 0.29) is 5.91 Å². The van der Waals surface area contributed by atoms with Gasteiger partial charge in [0.05, 0.1) is 26.9 Å². The summed E-state index contributed by atoms with van der Waals surface area (Å²) < 4.78 is 12.9. The number of aryl methyl sites for hydroxylation is 1. The maximum absolute atomic E-state index is 13.2. The van der Waals surface area contributed by atoms with Gasteiger partial charge in [0.1, 0.15) is 11.3 Å². The minimum atomic E-state index is -0.216. The van der Waals surface area contributed by atoms with E-state index in [2.05, 4.69) is 10.2 Å². The van der Waals surface area contributed by atoms with Crippen LogP contribution in [0.25, 0.3) is 10.9 Å². The van der Waals surface area contributed by atoms with Crippen molar-refractivity contribution >= 4 is 22.5 Å². The van der Waals surface area contributed by atoms with Gasteiger partial charge in [0.2, 0.25) is 0 Å². The molecule has 0 aliphatic carbocycles. The highest BCUT2D eigenvalue weighted by atomic mass is 16.5. The number of rotatable bonds is 6. The fourth-order valence-corrected chi connectivity index (χ4v) is 3.83. The zero-order valence-corrected chi connectivity index (χ0v) is 17.8. The Balaban J connectivity index is 1.65. The van der Waals surface area contributed by atoms with Crippen LogP contribution in [-0.4, -0.2) is 60.5 Å². The number of fused-ring (bicyclic) bond motifs is 1. The summed E-state index contributed by atoms with van der Waals surface area (Å²) in [6, 6.07) is 11.6. The first-order valence-corrected chi connectivity index (χ1v) is 10.3. The normalized spacial score (nSPS) is 14.8. The van der Waals surface area contributed by atoms with Gasteiger partial charge in [-0.3, -0.25) is 14.4 Å². The minimum absolute atomic E-state index is 0.216. The van der Waals surface area contributed by atoms with Crippen molar-refractivity contribution in [2.75, 3.05) is 45.3 Å². The van der Waals surface area contributed by atoms with Crippen molar-refractivity contribution in [3.05, 3.63) is 53.2 Å². The van der Waals surface area contributed by atoms with Gasteiger partial charge in [-0.2, -0.15) is 5.10 Å². The van der Waals surface area contributed by atoms with Crippen LogP contribution < -0.4 is 10.1 Å². The Morgan fingerprint density at radius 1 is 1.13 bits per heavy atom. The predicted molar refractivity (Wildman–Crippen MR) is 117 cm³/mol. The smallest absolute Gasteiger partial charge is 0.276 e. The second-order valence-electron chi connectivity index (χ2n) is 7.58. The van der Waals surface area contributed by atoms with E-state index in [0.717, 1.165) is 60.6 Å². The summed E-state index contributed by atoms with van der Waals surface area (Å²) in [6.07, 6.45) is 0. The van der Waals surface area contributed by atoms with Crippen molar-refractivity contribution in [1.82, 2.24) is 14.7 Å². The molecule has 3 aromatic rings. The molecule has 1 aliphatic heterocycles. The van der Waals surface area contributed by atoms with Crippen molar-refractivity contribution in [2.24, 2.45) is 0 Å². The number of carbonyl (C=O) groups is 1. The summed E-state index contributed by atoms with van der Waals surface area (Å²) in [7, 11) is 1.64. The average Bonchev–Trinajstić information content (AvgIpc) is 3.15. The second-order valence-corrected chi connectivity index (χ2v) is 7.58. The molecule has 0 radical (unpaired) electrons. The van der Waals surface area contributed by atoms with E-state index < -0.39 is 0 Å². The van der Waals surface area contributed by atoms with E-state index >= 15 is 0 Å². The summed E-state index contributed by atoms with van der Waals surface area (Å²) in [5.41, 5.74) is 4.25. The van der Waals surface area contributed by atoms with E-state index in [1.807, 2.05) is 54.9 Å². The van der Waals surface area contributed by atoms with Crippen LogP contribution in [-0.2, 0) is 11.3 Å². The topological polar surface area (TPSA) is 68.6 Å². The van der Waals surface area contributed by atoms with Crippen LogP contribution in [0.15, 0.2) is 36.4 Å². The number of nitrogens with one attached hydrogen (secondary N) is 1. The molecule has 1 aliphatic rings. The molecule has 0 bridgehead atoms. The van der Waals surface area contributed by atoms with E-state index in [4.69, 9.17) is 14.6 Å². The first-order chi connectivity index (χ1) is 14.6. The van der Waals surface area contributed by atoms with Crippen molar-refractivity contribution in [2.45, 2.75) is 20.4 Å². The summed E-state index contributed by atoms with van der Waals surface area (Å²) >= 11 is 0. The minimum Gasteiger partial charge on any atom is -0.494 e. The molecule has 158 valence electrons. The van der Waals surface area contributed by atoms with Crippen molar-refractivity contribution < 1.29 is 14.3 Å². The van der Waals surface area contributed by atoms with Gasteiger partial charge in [0, 0.05) is 30.7 Å². The third kappa shape index (κ3) is 4.04. The number of morpholine rings is 1. The number of para-hydroxylation sites is 1. The van der Waals surface area contributed by atoms with Crippen LogP contribution in [0.1, 0.15) is 21.6 Å². The molecule has 30 heavy (non-hydrogen) atoms. The largest absolute Gasteiger partial charge is 0.494 e. The number of benzene rings is 2. The Labute approximate surface area is 176 Å². The van der Waals surface area contributed by atoms with E-state index in [0.29, 0.717) is 18.0 Å². The molecule has 0 spiro atoms. The second kappa shape index (κ2) is 8.85. The van der Waals surface area contributed by atoms with Crippen LogP contribution in [0.4, 0.5) is 5.69 Å². The van der Waals surface area contributed by atoms with Crippen LogP contribution in [0.3, 0.4) is 0 Å². The van der Waals surface area contributed by atoms with E-state index in [1.165, 1.54) is 0 Å². The van der Waals surface area contributed by atoms with Gasteiger partial charge in [-0.05, 0) is 37.1 Å². The molecule has 1 N–H and O–H groups in total. The Morgan fingerprint density at radius 3 is 2.67 bits per heavy atom. The highest BCUT2D eigenvalue weighted by Crippen LogP contribution is 2.29. The number of anilines is 1. The lowest BCUT2D eigenvalue weighted by Crippen LogP contribution is -2.38. The number of carbonyl (C=O) groups excluding carboxylic acids is 1. The number of amides is 1. The third-order valence-corrected chi connectivity index (χ3v) is 5.75. The molecule has 7 heteroatoms. The SMILES string of the molecule is COc1cccc2c(C(=O)Nc3cccc(C)c3C)nn(CCN3CCOCC3)c12. The monoisotopic (exact) mass is 408 g/mol. The van der Waals surface area contributed by atoms with Crippen LogP contribution in [0, 0.1) is 13.8 Å². The fraction of sp³-hybridized carbons (Fsp3) is 0.391. The number of nitrogens with zero attached hydrogens (tertiary/aromatic N) is 3. The summed E-state index contributed by atoms with van der Waals surface area (Å²) in [6.45, 7) is 8.90. The molecule has 2 heterocycles. The molecule has 0 unspecified atom stereocenters. The predicted octanol–water partition coefficient (Wildman–Crippen LogP) is 3.25. The van der Waals surface area contributed by atoms with Gasteiger partial charge in [-0.25, -0.2) is 0 Å². The van der Waals surface area contributed by atoms with Crippen LogP contribution in [0.2, 0.25) is 0 Å². The third-order valence-electron chi connectivity index (χ3n) is 5.75. The van der Waals surface area contributed by atoms with Gasteiger partial charge >= 0.3 is 0 Å². The highest BCUT2D eigenvalue weighted by molar-refractivity contribution is 6.12. The molecule has 7 nitrogen and oxygen atoms in total. The Morgan fingerprint density at radius 2 is 1.90 bits per heavy atom. The van der Waals surface area contributed by atoms with Gasteiger partial charge in [0.25, 0.3) is 5.91 Å². The maximum Gasteiger partial charge on any atom is 0.276 e. The standard InChI is InChI=1S/C23H28N4O3/c1-16-6-4-8-19(17(16)2)24-23(28)21-18-7-5-9-20(29-3)22(18)27(25-21)11-10-26-12-14-30-15-13-26/h4-9H,10-15H2,1-3H3,(H,24,28). The molecule has 1 aromatic heterocycles. The van der Waals surface area contributed by atoms with Gasteiger partial charge < -0.3 is 14.8 Å². The number of aromatic nitrogens is 2. The molecular weight excluding hydrogens is 380 g/mol. The highest BCUT2D eigenvalue weighted by Gasteiger charge is 2.21. The quantitative estimate of drug-likeness (QED) is 0.678. The lowest BCUT2D eigenvalue weighted by molar-refractivity contribution is 0.0361. The van der Waals surface area contributed by atoms with Crippen molar-refractivity contribution in [3.63, 3.8) is 0 Å². The molecule has 2 aromatic carbocycles. The molecule has 0 atom stereocenters. The number of methoxy groups -OCH3 is 1. The zero-order chi connectivity index (χ0) is 21.1. The van der Waals surface area contributed by atoms with Crippen LogP contribution >= 0.6 is 0 Å². The number of ether oxygens (including phenoxy) is 2. The van der Waals surface area contributed by atoms with Gasteiger partial charge in [0.15, 0.2) is 5.69 Å². The lowest BCUT2D eigenvalue weighted by atomic mass is 10.1. The van der Waals surface area contributed by atoms with E-state index in [9.17, 15) is 4.79 Å². The molecule has 0 saturated carbocycles. The van der Waals surface area contributed by atoms with Crippen molar-refractivity contribution in [1.29, 1.82) is 0 Å². The van der Waals surface area contributed by atoms with Gasteiger partial charge in [-0.15, -0.1) is 0 Å². The van der Waals surface area contributed by atoms with E-state index in [1.54, 1.807) is 7.11 Å². The summed E-state index contributed by atoms with van der Waals surface area (Å²) in [5.74, 6) is 0.500. The summed E-state index contributed by atoms with van der Waals surface area (Å²) in [5, 5.41) is 8.52. The Hall–Kier alpha value is -2.90. The summed E-state index contributed by atoms with van der Waals surface area (Å²) in [4.78, 5) is 15.5. The molecular formula is C23H28N4O3. The fourth-order valence-electron chi connectivity index (χ4n) is 3.83. The Bertz CT molecular complexity index is 1050. The van der Waals surface area contributed by atoms with Crippen molar-refractivity contribution in [3.8, 4) is 5.75 Å². The maximum atomic E-state index is 13.2. The lowest BCUT2D eigenvalue weighted by Gasteiger charge is -2.26. The average molecular weight is 409 g/mol. The first-order valence-electron chi connectivity index (χ1n) is 10.3. The van der Waals surface area contributed by atoms with Gasteiger partial charge in [-0.1, -0.05) is 24.3 Å². The Kier molecular flexibility index (Phi) is 6.01. The molecule has 1 saturated heterocycles. The molecule has 1 fully saturated rings. The van der Waals surface area contributed by atoms with Crippen LogP contribution in [0.5, 0.6) is 5.75 Å². The zero-order valence-electron chi connectivity index (χ0n) is 17.8. The number of hydrogen-bond donors (Lipinski definition) is 1. The molecule has 1 amide bonds. The molecule has 4 rings (SSSR count).